The van der Waals surface area contributed by atoms with Gasteiger partial charge in [0, 0.05) is 13.0 Å². The number of rotatable bonds is 5. The Morgan fingerprint density at radius 1 is 1.07 bits per heavy atom. The molecule has 0 saturated heterocycles. The van der Waals surface area contributed by atoms with E-state index in [2.05, 4.69) is 4.98 Å². The first-order valence-corrected chi connectivity index (χ1v) is 9.20. The molecule has 6 heteroatoms. The van der Waals surface area contributed by atoms with Crippen LogP contribution in [0.5, 0.6) is 5.75 Å². The molecule has 6 nitrogen and oxygen atoms in total. The summed E-state index contributed by atoms with van der Waals surface area (Å²) >= 11 is 0. The molecule has 2 aromatic heterocycles. The first kappa shape index (κ1) is 18.0. The van der Waals surface area contributed by atoms with E-state index in [9.17, 15) is 9.59 Å². The molecule has 0 N–H and O–H groups in total. The summed E-state index contributed by atoms with van der Waals surface area (Å²) in [7, 11) is 1.62. The van der Waals surface area contributed by atoms with Gasteiger partial charge in [-0.1, -0.05) is 31.2 Å². The number of fused-ring (bicyclic) bond motifs is 2. The van der Waals surface area contributed by atoms with Gasteiger partial charge < -0.3 is 9.15 Å². The minimum absolute atomic E-state index is 0.00521. The van der Waals surface area contributed by atoms with Crippen molar-refractivity contribution in [1.29, 1.82) is 0 Å². The minimum Gasteiger partial charge on any atom is -0.497 e. The molecule has 4 rings (SSSR count). The van der Waals surface area contributed by atoms with Crippen molar-refractivity contribution in [2.24, 2.45) is 0 Å². The molecule has 0 saturated carbocycles. The summed E-state index contributed by atoms with van der Waals surface area (Å²) in [5.41, 5.74) is 0.918. The Kier molecular flexibility index (Phi) is 4.69. The van der Waals surface area contributed by atoms with E-state index < -0.39 is 0 Å². The zero-order chi connectivity index (χ0) is 19.7. The highest BCUT2D eigenvalue weighted by molar-refractivity contribution is 5.87. The number of methoxy groups -OCH3 is 1. The molecule has 0 unspecified atom stereocenters. The van der Waals surface area contributed by atoms with Crippen molar-refractivity contribution < 1.29 is 9.15 Å². The van der Waals surface area contributed by atoms with Crippen molar-refractivity contribution in [3.05, 3.63) is 80.5 Å². The standard InChI is InChI=1S/C22H20N2O4/c1-3-18-23-21-19(20(25)16-6-4-5-7-17(16)28-21)22(26)24(18)13-12-14-8-10-15(27-2)11-9-14/h4-11H,3,12-13H2,1-2H3. The summed E-state index contributed by atoms with van der Waals surface area (Å²) in [6.07, 6.45) is 1.20. The molecule has 0 atom stereocenters. The molecule has 2 heterocycles. The van der Waals surface area contributed by atoms with Gasteiger partial charge in [-0.15, -0.1) is 0 Å². The van der Waals surface area contributed by atoms with E-state index in [4.69, 9.17) is 9.15 Å². The summed E-state index contributed by atoms with van der Waals surface area (Å²) in [5, 5.41) is 0.394. The Morgan fingerprint density at radius 2 is 1.82 bits per heavy atom. The Balaban J connectivity index is 1.81. The molecular formula is C22H20N2O4. The molecule has 0 bridgehead atoms. The lowest BCUT2D eigenvalue weighted by Crippen LogP contribution is -2.29. The van der Waals surface area contributed by atoms with Crippen LogP contribution >= 0.6 is 0 Å². The Hall–Kier alpha value is -3.41. The van der Waals surface area contributed by atoms with Crippen LogP contribution in [-0.2, 0) is 19.4 Å². The Labute approximate surface area is 161 Å². The molecule has 28 heavy (non-hydrogen) atoms. The average Bonchev–Trinajstić information content (AvgIpc) is 2.73. The molecule has 0 fully saturated rings. The number of aryl methyl sites for hydroxylation is 2. The Morgan fingerprint density at radius 3 is 2.54 bits per heavy atom. The van der Waals surface area contributed by atoms with E-state index in [-0.39, 0.29) is 22.1 Å². The maximum Gasteiger partial charge on any atom is 0.268 e. The first-order valence-electron chi connectivity index (χ1n) is 9.20. The van der Waals surface area contributed by atoms with Gasteiger partial charge in [0.1, 0.15) is 17.2 Å². The molecule has 2 aromatic carbocycles. The van der Waals surface area contributed by atoms with Crippen molar-refractivity contribution in [3.8, 4) is 5.75 Å². The zero-order valence-corrected chi connectivity index (χ0v) is 15.8. The first-order chi connectivity index (χ1) is 13.6. The van der Waals surface area contributed by atoms with E-state index in [1.54, 1.807) is 35.9 Å². The van der Waals surface area contributed by atoms with Gasteiger partial charge in [0.25, 0.3) is 5.56 Å². The SMILES string of the molecule is CCc1nc2oc3ccccc3c(=O)c2c(=O)n1CCc1ccc(OC)cc1. The van der Waals surface area contributed by atoms with Crippen LogP contribution in [0, 0.1) is 0 Å². The molecular weight excluding hydrogens is 356 g/mol. The lowest BCUT2D eigenvalue weighted by Gasteiger charge is -2.12. The van der Waals surface area contributed by atoms with Gasteiger partial charge in [-0.2, -0.15) is 4.98 Å². The summed E-state index contributed by atoms with van der Waals surface area (Å²) in [6, 6.07) is 14.6. The normalized spacial score (nSPS) is 11.2. The van der Waals surface area contributed by atoms with Crippen molar-refractivity contribution in [1.82, 2.24) is 9.55 Å². The van der Waals surface area contributed by atoms with E-state index in [0.717, 1.165) is 11.3 Å². The van der Waals surface area contributed by atoms with Gasteiger partial charge in [-0.3, -0.25) is 14.2 Å². The highest BCUT2D eigenvalue weighted by Gasteiger charge is 2.17. The van der Waals surface area contributed by atoms with Gasteiger partial charge in [0.15, 0.2) is 5.39 Å². The molecule has 0 aliphatic heterocycles. The van der Waals surface area contributed by atoms with Crippen LogP contribution in [0.2, 0.25) is 0 Å². The van der Waals surface area contributed by atoms with E-state index in [1.807, 2.05) is 31.2 Å². The molecule has 0 aliphatic rings. The molecule has 142 valence electrons. The Bertz CT molecular complexity index is 1270. The second-order valence-corrected chi connectivity index (χ2v) is 6.54. The average molecular weight is 376 g/mol. The van der Waals surface area contributed by atoms with Gasteiger partial charge in [0.05, 0.1) is 12.5 Å². The van der Waals surface area contributed by atoms with Crippen LogP contribution in [0.1, 0.15) is 18.3 Å². The van der Waals surface area contributed by atoms with Crippen LogP contribution in [0.4, 0.5) is 0 Å². The van der Waals surface area contributed by atoms with Crippen molar-refractivity contribution >= 4 is 22.1 Å². The maximum absolute atomic E-state index is 13.1. The van der Waals surface area contributed by atoms with E-state index >= 15 is 0 Å². The third-order valence-electron chi connectivity index (χ3n) is 4.88. The third kappa shape index (κ3) is 3.07. The predicted molar refractivity (Wildman–Crippen MR) is 108 cm³/mol. The number of aromatic nitrogens is 2. The van der Waals surface area contributed by atoms with Crippen LogP contribution in [0.15, 0.2) is 62.5 Å². The maximum atomic E-state index is 13.1. The summed E-state index contributed by atoms with van der Waals surface area (Å²) in [5.74, 6) is 1.39. The predicted octanol–water partition coefficient (Wildman–Crippen LogP) is 3.32. The highest BCUT2D eigenvalue weighted by atomic mass is 16.5. The second-order valence-electron chi connectivity index (χ2n) is 6.54. The number of nitrogens with zero attached hydrogens (tertiary/aromatic N) is 2. The summed E-state index contributed by atoms with van der Waals surface area (Å²) < 4.78 is 12.5. The number of benzene rings is 2. The minimum atomic E-state index is -0.352. The smallest absolute Gasteiger partial charge is 0.268 e. The van der Waals surface area contributed by atoms with E-state index in [0.29, 0.717) is 36.2 Å². The number of hydrogen-bond acceptors (Lipinski definition) is 5. The van der Waals surface area contributed by atoms with Crippen LogP contribution in [-0.4, -0.2) is 16.7 Å². The highest BCUT2D eigenvalue weighted by Crippen LogP contribution is 2.16. The van der Waals surface area contributed by atoms with Crippen LogP contribution < -0.4 is 15.7 Å². The van der Waals surface area contributed by atoms with Crippen LogP contribution in [0.3, 0.4) is 0 Å². The second kappa shape index (κ2) is 7.31. The lowest BCUT2D eigenvalue weighted by atomic mass is 10.1. The summed E-state index contributed by atoms with van der Waals surface area (Å²) in [6.45, 7) is 2.36. The molecule has 0 radical (unpaired) electrons. The molecule has 0 aliphatic carbocycles. The fourth-order valence-corrected chi connectivity index (χ4v) is 3.36. The van der Waals surface area contributed by atoms with Crippen molar-refractivity contribution in [2.45, 2.75) is 26.3 Å². The summed E-state index contributed by atoms with van der Waals surface area (Å²) in [4.78, 5) is 30.5. The largest absolute Gasteiger partial charge is 0.497 e. The van der Waals surface area contributed by atoms with Gasteiger partial charge in [-0.25, -0.2) is 0 Å². The number of ether oxygens (including phenoxy) is 1. The van der Waals surface area contributed by atoms with Gasteiger partial charge >= 0.3 is 0 Å². The molecule has 4 aromatic rings. The number of para-hydroxylation sites is 1. The fourth-order valence-electron chi connectivity index (χ4n) is 3.36. The molecule has 0 spiro atoms. The molecule has 0 amide bonds. The quantitative estimate of drug-likeness (QED) is 0.500. The van der Waals surface area contributed by atoms with Crippen molar-refractivity contribution in [3.63, 3.8) is 0 Å². The van der Waals surface area contributed by atoms with Crippen LogP contribution in [0.25, 0.3) is 22.1 Å². The zero-order valence-electron chi connectivity index (χ0n) is 15.8. The lowest BCUT2D eigenvalue weighted by molar-refractivity contribution is 0.414. The fraction of sp³-hybridized carbons (Fsp3) is 0.227. The van der Waals surface area contributed by atoms with Gasteiger partial charge in [-0.05, 0) is 36.2 Å². The monoisotopic (exact) mass is 376 g/mol. The number of hydrogen-bond donors (Lipinski definition) is 0. The van der Waals surface area contributed by atoms with Crippen molar-refractivity contribution in [2.75, 3.05) is 7.11 Å². The van der Waals surface area contributed by atoms with Gasteiger partial charge in [0.2, 0.25) is 11.1 Å². The van der Waals surface area contributed by atoms with E-state index in [1.165, 1.54) is 0 Å². The topological polar surface area (TPSA) is 74.3 Å². The third-order valence-corrected chi connectivity index (χ3v) is 4.88.